The van der Waals surface area contributed by atoms with Crippen molar-refractivity contribution < 1.29 is 23.9 Å². The molecule has 1 amide bonds. The van der Waals surface area contributed by atoms with Crippen molar-refractivity contribution in [3.63, 3.8) is 0 Å². The van der Waals surface area contributed by atoms with Crippen LogP contribution < -0.4 is 14.2 Å². The minimum atomic E-state index is -0.537. The highest BCUT2D eigenvalue weighted by molar-refractivity contribution is 5.96. The van der Waals surface area contributed by atoms with Crippen molar-refractivity contribution in [2.75, 3.05) is 34.4 Å². The molecule has 176 valence electrons. The van der Waals surface area contributed by atoms with E-state index in [0.717, 1.165) is 11.1 Å². The van der Waals surface area contributed by atoms with E-state index >= 15 is 0 Å². The highest BCUT2D eigenvalue weighted by Crippen LogP contribution is 2.41. The van der Waals surface area contributed by atoms with Gasteiger partial charge in [-0.05, 0) is 24.1 Å². The Kier molecular flexibility index (Phi) is 6.44. The number of benzene rings is 2. The van der Waals surface area contributed by atoms with Crippen molar-refractivity contribution in [1.29, 1.82) is 0 Å². The number of nitro benzene ring substituents is 1. The summed E-state index contributed by atoms with van der Waals surface area (Å²) in [6.45, 7) is 0.771. The quantitative estimate of drug-likeness (QED) is 0.385. The second-order valence-corrected chi connectivity index (χ2v) is 7.44. The molecule has 2 heterocycles. The predicted molar refractivity (Wildman–Crippen MR) is 123 cm³/mol. The first kappa shape index (κ1) is 22.8. The molecule has 11 nitrogen and oxygen atoms in total. The Bertz CT molecular complexity index is 1230. The monoisotopic (exact) mass is 465 g/mol. The molecule has 1 aromatic heterocycles. The van der Waals surface area contributed by atoms with Gasteiger partial charge >= 0.3 is 0 Å². The van der Waals surface area contributed by atoms with Gasteiger partial charge in [-0.25, -0.2) is 9.67 Å². The van der Waals surface area contributed by atoms with Gasteiger partial charge in [-0.15, -0.1) is 0 Å². The van der Waals surface area contributed by atoms with Crippen LogP contribution in [0.25, 0.3) is 11.3 Å². The molecular formula is C23H23N5O6. The number of nitro groups is 1. The van der Waals surface area contributed by atoms with E-state index in [1.807, 2.05) is 6.08 Å². The van der Waals surface area contributed by atoms with Gasteiger partial charge < -0.3 is 19.1 Å². The summed E-state index contributed by atoms with van der Waals surface area (Å²) in [5.41, 5.74) is 2.03. The Morgan fingerprint density at radius 2 is 1.82 bits per heavy atom. The molecule has 1 aliphatic rings. The Morgan fingerprint density at radius 1 is 1.09 bits per heavy atom. The number of nitrogens with zero attached hydrogens (tertiary/aromatic N) is 5. The van der Waals surface area contributed by atoms with Crippen LogP contribution in [0.5, 0.6) is 17.2 Å². The average Bonchev–Trinajstić information content (AvgIpc) is 3.42. The SMILES string of the molecule is COc1cc(OC)c(C2=CCN(C(=O)c3ccc(-n4cncn4)c([N+](=O)[O-])c3)CC2)c(OC)c1. The van der Waals surface area contributed by atoms with E-state index in [9.17, 15) is 14.9 Å². The zero-order valence-electron chi connectivity index (χ0n) is 18.9. The van der Waals surface area contributed by atoms with Crippen LogP contribution in [0.3, 0.4) is 0 Å². The highest BCUT2D eigenvalue weighted by Gasteiger charge is 2.26. The van der Waals surface area contributed by atoms with Gasteiger partial charge in [0.1, 0.15) is 35.6 Å². The number of methoxy groups -OCH3 is 3. The largest absolute Gasteiger partial charge is 0.496 e. The van der Waals surface area contributed by atoms with Crippen molar-refractivity contribution in [2.45, 2.75) is 6.42 Å². The van der Waals surface area contributed by atoms with Crippen LogP contribution in [0, 0.1) is 10.1 Å². The van der Waals surface area contributed by atoms with Gasteiger partial charge in [-0.2, -0.15) is 5.10 Å². The molecule has 2 aromatic carbocycles. The lowest BCUT2D eigenvalue weighted by Crippen LogP contribution is -2.34. The third-order valence-corrected chi connectivity index (χ3v) is 5.62. The molecule has 0 bridgehead atoms. The van der Waals surface area contributed by atoms with Gasteiger partial charge in [0.25, 0.3) is 11.6 Å². The second kappa shape index (κ2) is 9.61. The van der Waals surface area contributed by atoms with Crippen LogP contribution in [0.1, 0.15) is 22.3 Å². The van der Waals surface area contributed by atoms with Crippen LogP contribution >= 0.6 is 0 Å². The second-order valence-electron chi connectivity index (χ2n) is 7.44. The van der Waals surface area contributed by atoms with Crippen molar-refractivity contribution in [1.82, 2.24) is 19.7 Å². The molecule has 0 fully saturated rings. The van der Waals surface area contributed by atoms with Crippen LogP contribution in [-0.2, 0) is 0 Å². The first-order chi connectivity index (χ1) is 16.5. The van der Waals surface area contributed by atoms with Gasteiger partial charge in [-0.3, -0.25) is 14.9 Å². The van der Waals surface area contributed by atoms with E-state index in [0.29, 0.717) is 36.8 Å². The van der Waals surface area contributed by atoms with E-state index in [1.54, 1.807) is 44.4 Å². The zero-order chi connectivity index (χ0) is 24.2. The predicted octanol–water partition coefficient (Wildman–Crippen LogP) is 3.13. The Hall–Kier alpha value is -4.41. The fourth-order valence-corrected chi connectivity index (χ4v) is 3.91. The molecule has 0 radical (unpaired) electrons. The third kappa shape index (κ3) is 4.27. The summed E-state index contributed by atoms with van der Waals surface area (Å²) < 4.78 is 17.7. The molecule has 0 spiro atoms. The van der Waals surface area contributed by atoms with Gasteiger partial charge in [0.15, 0.2) is 0 Å². The first-order valence-electron chi connectivity index (χ1n) is 10.4. The topological polar surface area (TPSA) is 122 Å². The summed E-state index contributed by atoms with van der Waals surface area (Å²) in [5, 5.41) is 15.6. The van der Waals surface area contributed by atoms with Gasteiger partial charge in [0.2, 0.25) is 0 Å². The van der Waals surface area contributed by atoms with Crippen molar-refractivity contribution in [2.24, 2.45) is 0 Å². The lowest BCUT2D eigenvalue weighted by atomic mass is 9.96. The number of rotatable bonds is 7. The zero-order valence-corrected chi connectivity index (χ0v) is 18.9. The van der Waals surface area contributed by atoms with Gasteiger partial charge in [0.05, 0.1) is 31.8 Å². The van der Waals surface area contributed by atoms with E-state index in [1.165, 1.54) is 29.5 Å². The van der Waals surface area contributed by atoms with Gasteiger partial charge in [0, 0.05) is 36.9 Å². The fourth-order valence-electron chi connectivity index (χ4n) is 3.91. The number of ether oxygens (including phenoxy) is 3. The summed E-state index contributed by atoms with van der Waals surface area (Å²) >= 11 is 0. The Balaban J connectivity index is 1.59. The number of hydrogen-bond acceptors (Lipinski definition) is 8. The van der Waals surface area contributed by atoms with E-state index < -0.39 is 4.92 Å². The number of hydrogen-bond donors (Lipinski definition) is 0. The summed E-state index contributed by atoms with van der Waals surface area (Å²) in [5.74, 6) is 1.54. The molecule has 0 N–H and O–H groups in total. The normalized spacial score (nSPS) is 13.3. The summed E-state index contributed by atoms with van der Waals surface area (Å²) in [6.07, 6.45) is 5.14. The molecule has 34 heavy (non-hydrogen) atoms. The van der Waals surface area contributed by atoms with Crippen LogP contribution in [0.15, 0.2) is 49.1 Å². The summed E-state index contributed by atoms with van der Waals surface area (Å²) in [6, 6.07) is 7.89. The van der Waals surface area contributed by atoms with Crippen molar-refractivity contribution >= 4 is 17.2 Å². The molecule has 0 saturated carbocycles. The maximum absolute atomic E-state index is 13.1. The van der Waals surface area contributed by atoms with Gasteiger partial charge in [-0.1, -0.05) is 6.08 Å². The maximum Gasteiger partial charge on any atom is 0.295 e. The lowest BCUT2D eigenvalue weighted by Gasteiger charge is -2.28. The van der Waals surface area contributed by atoms with Crippen molar-refractivity contribution in [3.8, 4) is 22.9 Å². The maximum atomic E-state index is 13.1. The summed E-state index contributed by atoms with van der Waals surface area (Å²) in [4.78, 5) is 29.7. The van der Waals surface area contributed by atoms with Crippen LogP contribution in [0.4, 0.5) is 5.69 Å². The molecule has 0 atom stereocenters. The Morgan fingerprint density at radius 3 is 2.35 bits per heavy atom. The third-order valence-electron chi connectivity index (χ3n) is 5.62. The molecule has 4 rings (SSSR count). The molecule has 11 heteroatoms. The number of amides is 1. The van der Waals surface area contributed by atoms with Crippen LogP contribution in [0.2, 0.25) is 0 Å². The number of carbonyl (C=O) groups excluding carboxylic acids is 1. The van der Waals surface area contributed by atoms with E-state index in [4.69, 9.17) is 14.2 Å². The summed E-state index contributed by atoms with van der Waals surface area (Å²) in [7, 11) is 4.72. The lowest BCUT2D eigenvalue weighted by molar-refractivity contribution is -0.384. The Labute approximate surface area is 195 Å². The van der Waals surface area contributed by atoms with Crippen molar-refractivity contribution in [3.05, 3.63) is 70.3 Å². The molecular weight excluding hydrogens is 442 g/mol. The van der Waals surface area contributed by atoms with Crippen LogP contribution in [-0.4, -0.2) is 64.9 Å². The molecule has 3 aromatic rings. The number of carbonyl (C=O) groups is 1. The van der Waals surface area contributed by atoms with E-state index in [-0.39, 0.29) is 22.8 Å². The highest BCUT2D eigenvalue weighted by atomic mass is 16.6. The average molecular weight is 465 g/mol. The molecule has 1 aliphatic heterocycles. The fraction of sp³-hybridized carbons (Fsp3) is 0.261. The first-order valence-corrected chi connectivity index (χ1v) is 10.4. The number of aromatic nitrogens is 3. The molecule has 0 unspecified atom stereocenters. The smallest absolute Gasteiger partial charge is 0.295 e. The van der Waals surface area contributed by atoms with E-state index in [2.05, 4.69) is 10.1 Å². The standard InChI is InChI=1S/C23H23N5O6/c1-32-17-11-20(33-2)22(21(12-17)34-3)15-6-8-26(9-7-15)23(29)16-4-5-18(19(10-16)28(30)31)27-14-24-13-25-27/h4-6,10-14H,7-9H2,1-3H3. The minimum Gasteiger partial charge on any atom is -0.496 e. The molecule has 0 aliphatic carbocycles. The molecule has 0 saturated heterocycles. The minimum absolute atomic E-state index is 0.225.